The number of benzene rings is 1. The maximum Gasteiger partial charge on any atom is 0.0606 e. The summed E-state index contributed by atoms with van der Waals surface area (Å²) in [5.41, 5.74) is 2.56. The van der Waals surface area contributed by atoms with Crippen molar-refractivity contribution in [2.45, 2.75) is 51.7 Å². The minimum Gasteiger partial charge on any atom is -0.395 e. The summed E-state index contributed by atoms with van der Waals surface area (Å²) in [5.74, 6) is 0. The first-order valence-corrected chi connectivity index (χ1v) is 7.40. The molecule has 1 aliphatic rings. The van der Waals surface area contributed by atoms with Crippen molar-refractivity contribution in [2.75, 3.05) is 18.1 Å². The molecule has 0 aromatic heterocycles. The highest BCUT2D eigenvalue weighted by molar-refractivity contribution is 5.49. The number of nitrogens with one attached hydrogen (secondary N) is 1. The van der Waals surface area contributed by atoms with E-state index in [0.29, 0.717) is 12.1 Å². The van der Waals surface area contributed by atoms with Crippen molar-refractivity contribution in [3.05, 3.63) is 29.8 Å². The molecular formula is C16H26N2O. The van der Waals surface area contributed by atoms with Crippen LogP contribution in [0.1, 0.15) is 38.7 Å². The number of rotatable bonds is 7. The minimum atomic E-state index is 0.229. The van der Waals surface area contributed by atoms with Crippen LogP contribution in [-0.2, 0) is 6.54 Å². The Hall–Kier alpha value is -1.06. The molecule has 1 aliphatic carbocycles. The van der Waals surface area contributed by atoms with E-state index >= 15 is 0 Å². The van der Waals surface area contributed by atoms with Gasteiger partial charge in [0.25, 0.3) is 0 Å². The van der Waals surface area contributed by atoms with Crippen LogP contribution in [0.25, 0.3) is 0 Å². The van der Waals surface area contributed by atoms with Gasteiger partial charge in [0, 0.05) is 30.9 Å². The molecule has 0 radical (unpaired) electrons. The number of aliphatic hydroxyl groups is 1. The van der Waals surface area contributed by atoms with E-state index in [4.69, 9.17) is 0 Å². The Kier molecular flexibility index (Phi) is 5.23. The third-order valence-electron chi connectivity index (χ3n) is 3.84. The SMILES string of the molecule is CC(C)NCc1ccc(N(CCO)C2CCC2)cc1. The van der Waals surface area contributed by atoms with Crippen molar-refractivity contribution >= 4 is 5.69 Å². The first-order valence-electron chi connectivity index (χ1n) is 7.40. The van der Waals surface area contributed by atoms with Gasteiger partial charge in [-0.15, -0.1) is 0 Å². The van der Waals surface area contributed by atoms with Crippen molar-refractivity contribution in [2.24, 2.45) is 0 Å². The van der Waals surface area contributed by atoms with E-state index in [1.807, 2.05) is 0 Å². The van der Waals surface area contributed by atoms with E-state index in [2.05, 4.69) is 48.3 Å². The fourth-order valence-corrected chi connectivity index (χ4v) is 2.46. The van der Waals surface area contributed by atoms with Crippen molar-refractivity contribution in [1.29, 1.82) is 0 Å². The third-order valence-corrected chi connectivity index (χ3v) is 3.84. The molecule has 1 aromatic rings. The molecule has 0 amide bonds. The zero-order chi connectivity index (χ0) is 13.7. The minimum absolute atomic E-state index is 0.229. The van der Waals surface area contributed by atoms with Gasteiger partial charge in [-0.25, -0.2) is 0 Å². The molecule has 2 rings (SSSR count). The number of anilines is 1. The summed E-state index contributed by atoms with van der Waals surface area (Å²) in [6.45, 7) is 6.21. The van der Waals surface area contributed by atoms with Crippen LogP contribution in [-0.4, -0.2) is 30.3 Å². The fourth-order valence-electron chi connectivity index (χ4n) is 2.46. The lowest BCUT2D eigenvalue weighted by Gasteiger charge is -2.39. The molecule has 0 unspecified atom stereocenters. The molecule has 1 aromatic carbocycles. The monoisotopic (exact) mass is 262 g/mol. The highest BCUT2D eigenvalue weighted by Crippen LogP contribution is 2.29. The zero-order valence-corrected chi connectivity index (χ0v) is 12.1. The van der Waals surface area contributed by atoms with Crippen LogP contribution in [0.3, 0.4) is 0 Å². The Morgan fingerprint density at radius 1 is 1.26 bits per heavy atom. The summed E-state index contributed by atoms with van der Waals surface area (Å²) in [4.78, 5) is 2.35. The molecule has 19 heavy (non-hydrogen) atoms. The van der Waals surface area contributed by atoms with Gasteiger partial charge in [0.15, 0.2) is 0 Å². The molecular weight excluding hydrogens is 236 g/mol. The Morgan fingerprint density at radius 3 is 2.42 bits per heavy atom. The molecule has 0 aliphatic heterocycles. The van der Waals surface area contributed by atoms with Crippen molar-refractivity contribution < 1.29 is 5.11 Å². The predicted octanol–water partition coefficient (Wildman–Crippen LogP) is 2.54. The van der Waals surface area contributed by atoms with Crippen molar-refractivity contribution in [3.8, 4) is 0 Å². The van der Waals surface area contributed by atoms with Gasteiger partial charge in [-0.1, -0.05) is 26.0 Å². The lowest BCUT2D eigenvalue weighted by molar-refractivity contribution is 0.283. The number of hydrogen-bond acceptors (Lipinski definition) is 3. The fraction of sp³-hybridized carbons (Fsp3) is 0.625. The lowest BCUT2D eigenvalue weighted by atomic mass is 9.91. The quantitative estimate of drug-likeness (QED) is 0.792. The van der Waals surface area contributed by atoms with Crippen LogP contribution in [0.5, 0.6) is 0 Å². The smallest absolute Gasteiger partial charge is 0.0606 e. The van der Waals surface area contributed by atoms with Crippen LogP contribution in [0.15, 0.2) is 24.3 Å². The van der Waals surface area contributed by atoms with E-state index in [0.717, 1.165) is 13.1 Å². The molecule has 1 saturated carbocycles. The van der Waals surface area contributed by atoms with Crippen molar-refractivity contribution in [3.63, 3.8) is 0 Å². The second-order valence-electron chi connectivity index (χ2n) is 5.70. The largest absolute Gasteiger partial charge is 0.395 e. The van der Waals surface area contributed by atoms with E-state index in [1.54, 1.807) is 0 Å². The molecule has 0 heterocycles. The second-order valence-corrected chi connectivity index (χ2v) is 5.70. The molecule has 0 bridgehead atoms. The van der Waals surface area contributed by atoms with Gasteiger partial charge < -0.3 is 15.3 Å². The maximum absolute atomic E-state index is 9.21. The second kappa shape index (κ2) is 6.92. The van der Waals surface area contributed by atoms with Gasteiger partial charge in [-0.2, -0.15) is 0 Å². The number of hydrogen-bond donors (Lipinski definition) is 2. The maximum atomic E-state index is 9.21. The normalized spacial score (nSPS) is 15.6. The Bertz CT molecular complexity index is 371. The molecule has 0 spiro atoms. The first kappa shape index (κ1) is 14.4. The molecule has 3 nitrogen and oxygen atoms in total. The van der Waals surface area contributed by atoms with Gasteiger partial charge >= 0.3 is 0 Å². The van der Waals surface area contributed by atoms with Crippen LogP contribution in [0.4, 0.5) is 5.69 Å². The van der Waals surface area contributed by atoms with Crippen LogP contribution >= 0.6 is 0 Å². The van der Waals surface area contributed by atoms with E-state index < -0.39 is 0 Å². The molecule has 2 N–H and O–H groups in total. The summed E-state index contributed by atoms with van der Waals surface area (Å²) in [6.07, 6.45) is 3.84. The van der Waals surface area contributed by atoms with Crippen LogP contribution in [0.2, 0.25) is 0 Å². The van der Waals surface area contributed by atoms with E-state index in [9.17, 15) is 5.11 Å². The Labute approximate surface area is 116 Å². The Morgan fingerprint density at radius 2 is 1.95 bits per heavy atom. The predicted molar refractivity (Wildman–Crippen MR) is 80.5 cm³/mol. The zero-order valence-electron chi connectivity index (χ0n) is 12.1. The average Bonchev–Trinajstić information content (AvgIpc) is 2.34. The molecule has 1 fully saturated rings. The van der Waals surface area contributed by atoms with E-state index in [-0.39, 0.29) is 6.61 Å². The molecule has 0 atom stereocenters. The third kappa shape index (κ3) is 3.95. The van der Waals surface area contributed by atoms with Gasteiger partial charge in [-0.3, -0.25) is 0 Å². The standard InChI is InChI=1S/C16H26N2O/c1-13(2)17-12-14-6-8-16(9-7-14)18(10-11-19)15-4-3-5-15/h6-9,13,15,17,19H,3-5,10-12H2,1-2H3. The summed E-state index contributed by atoms with van der Waals surface area (Å²) in [5, 5.41) is 12.6. The summed E-state index contributed by atoms with van der Waals surface area (Å²) in [7, 11) is 0. The first-order chi connectivity index (χ1) is 9.20. The van der Waals surface area contributed by atoms with Crippen molar-refractivity contribution in [1.82, 2.24) is 5.32 Å². The highest BCUT2D eigenvalue weighted by atomic mass is 16.3. The molecule has 0 saturated heterocycles. The van der Waals surface area contributed by atoms with Gasteiger partial charge in [0.05, 0.1) is 6.61 Å². The van der Waals surface area contributed by atoms with Gasteiger partial charge in [-0.05, 0) is 37.0 Å². The topological polar surface area (TPSA) is 35.5 Å². The number of nitrogens with zero attached hydrogens (tertiary/aromatic N) is 1. The highest BCUT2D eigenvalue weighted by Gasteiger charge is 2.24. The van der Waals surface area contributed by atoms with Gasteiger partial charge in [0.2, 0.25) is 0 Å². The Balaban J connectivity index is 1.98. The number of aliphatic hydroxyl groups excluding tert-OH is 1. The molecule has 106 valence electrons. The summed E-state index contributed by atoms with van der Waals surface area (Å²) >= 11 is 0. The summed E-state index contributed by atoms with van der Waals surface area (Å²) in [6, 6.07) is 9.89. The molecule has 3 heteroatoms. The average molecular weight is 262 g/mol. The van der Waals surface area contributed by atoms with Crippen LogP contribution < -0.4 is 10.2 Å². The lowest BCUT2D eigenvalue weighted by Crippen LogP contribution is -2.41. The summed E-state index contributed by atoms with van der Waals surface area (Å²) < 4.78 is 0. The van der Waals surface area contributed by atoms with Crippen LogP contribution in [0, 0.1) is 0 Å². The van der Waals surface area contributed by atoms with Gasteiger partial charge in [0.1, 0.15) is 0 Å². The van der Waals surface area contributed by atoms with E-state index in [1.165, 1.54) is 30.5 Å².